The molecule has 45 heavy (non-hydrogen) atoms. The monoisotopic (exact) mass is 627 g/mol. The molecular weight excluding hydrogens is 586 g/mol. The summed E-state index contributed by atoms with van der Waals surface area (Å²) < 4.78 is 79.9. The van der Waals surface area contributed by atoms with Crippen molar-refractivity contribution in [1.29, 1.82) is 0 Å². The van der Waals surface area contributed by atoms with Gasteiger partial charge >= 0.3 is 0 Å². The fourth-order valence-corrected chi connectivity index (χ4v) is 5.81. The first kappa shape index (κ1) is 22.3. The topological polar surface area (TPSA) is 111 Å². The Morgan fingerprint density at radius 2 is 1.69 bits per heavy atom. The Morgan fingerprint density at radius 1 is 0.956 bits per heavy atom. The van der Waals surface area contributed by atoms with Crippen molar-refractivity contribution in [2.45, 2.75) is 23.4 Å². The van der Waals surface area contributed by atoms with E-state index in [1.54, 1.807) is 30.3 Å². The van der Waals surface area contributed by atoms with E-state index >= 15 is 0 Å². The summed E-state index contributed by atoms with van der Waals surface area (Å²) in [5, 5.41) is -0.441. The molecule has 8 nitrogen and oxygen atoms in total. The van der Waals surface area contributed by atoms with Gasteiger partial charge in [0, 0.05) is 40.8 Å². The third-order valence-corrected chi connectivity index (χ3v) is 8.01. The molecule has 2 atom stereocenters. The summed E-state index contributed by atoms with van der Waals surface area (Å²) in [6.45, 7) is -3.00. The minimum atomic E-state index is -3.00. The number of methoxy groups -OCH3 is 2. The lowest BCUT2D eigenvalue weighted by Gasteiger charge is -2.24. The number of nitrogens with one attached hydrogen (secondary N) is 1. The zero-order valence-corrected chi connectivity index (χ0v) is 25.1. The summed E-state index contributed by atoms with van der Waals surface area (Å²) in [7, 11) is 2.72. The number of ether oxygens (including phenoxy) is 2. The molecule has 3 amide bonds. The molecule has 9 heteroatoms. The van der Waals surface area contributed by atoms with Gasteiger partial charge in [0.05, 0.1) is 25.0 Å². The van der Waals surface area contributed by atoms with E-state index < -0.39 is 71.8 Å². The Morgan fingerprint density at radius 3 is 2.40 bits per heavy atom. The van der Waals surface area contributed by atoms with Crippen LogP contribution in [0.5, 0.6) is 11.5 Å². The second-order valence-corrected chi connectivity index (χ2v) is 10.9. The molecule has 0 spiro atoms. The van der Waals surface area contributed by atoms with E-state index in [1.165, 1.54) is 56.7 Å². The molecule has 1 saturated heterocycles. The Labute approximate surface area is 278 Å². The van der Waals surface area contributed by atoms with Crippen LogP contribution in [-0.4, -0.2) is 43.7 Å². The maximum absolute atomic E-state index is 14.1. The molecule has 1 aliphatic rings. The maximum Gasteiger partial charge on any atom is 0.248 e. The van der Waals surface area contributed by atoms with Crippen LogP contribution >= 0.6 is 11.8 Å². The van der Waals surface area contributed by atoms with Crippen molar-refractivity contribution in [2.75, 3.05) is 25.6 Å². The Kier molecular flexibility index (Phi) is 7.20. The number of carbonyl (C=O) groups is 3. The lowest BCUT2D eigenvalue weighted by molar-refractivity contribution is -0.124. The van der Waals surface area contributed by atoms with Crippen molar-refractivity contribution in [1.82, 2.24) is 5.32 Å². The first-order valence-electron chi connectivity index (χ1n) is 17.6. The lowest BCUT2D eigenvalue weighted by Crippen LogP contribution is -2.34. The maximum atomic E-state index is 14.1. The number of primary amides is 1. The molecule has 1 aliphatic heterocycles. The number of nitrogens with zero attached hydrogens (tertiary/aromatic N) is 1. The third kappa shape index (κ3) is 7.66. The van der Waals surface area contributed by atoms with Gasteiger partial charge in [-0.05, 0) is 72.0 Å². The summed E-state index contributed by atoms with van der Waals surface area (Å²) in [4.78, 5) is 40.7. The summed E-state index contributed by atoms with van der Waals surface area (Å²) >= 11 is 0.828. The zero-order valence-electron chi connectivity index (χ0n) is 32.3. The van der Waals surface area contributed by atoms with Crippen LogP contribution in [-0.2, 0) is 16.0 Å². The van der Waals surface area contributed by atoms with E-state index in [2.05, 4.69) is 17.2 Å². The number of nitrogens with two attached hydrogens (primary N) is 1. The van der Waals surface area contributed by atoms with Gasteiger partial charge in [-0.25, -0.2) is 0 Å². The van der Waals surface area contributed by atoms with E-state index in [9.17, 15) is 14.4 Å². The van der Waals surface area contributed by atoms with Crippen LogP contribution in [0.3, 0.4) is 0 Å². The van der Waals surface area contributed by atoms with Crippen LogP contribution in [0, 0.1) is 11.8 Å². The second-order valence-electron chi connectivity index (χ2n) is 9.58. The van der Waals surface area contributed by atoms with Crippen molar-refractivity contribution >= 4 is 35.2 Å². The highest BCUT2D eigenvalue weighted by atomic mass is 32.2. The van der Waals surface area contributed by atoms with Gasteiger partial charge < -0.3 is 20.5 Å². The van der Waals surface area contributed by atoms with Gasteiger partial charge in [0.1, 0.15) is 5.37 Å². The lowest BCUT2D eigenvalue weighted by atomic mass is 10.1. The van der Waals surface area contributed by atoms with Gasteiger partial charge in [-0.15, -0.1) is 11.8 Å². The van der Waals surface area contributed by atoms with Gasteiger partial charge in [-0.1, -0.05) is 54.3 Å². The molecule has 0 aliphatic carbocycles. The van der Waals surface area contributed by atoms with E-state index in [0.29, 0.717) is 5.56 Å². The number of rotatable bonds is 10. The average Bonchev–Trinajstić information content (AvgIpc) is 3.44. The summed E-state index contributed by atoms with van der Waals surface area (Å²) in [5.74, 6) is 3.45. The molecule has 5 rings (SSSR count). The molecule has 1 heterocycles. The summed E-state index contributed by atoms with van der Waals surface area (Å²) in [6.07, 6.45) is -3.45. The molecule has 0 bridgehead atoms. The SMILES string of the molecule is [2H]c1c([2H])c([C@@H]2S[C@H](CC(=O)NC([2H])([2H])C([2H])([2H])c3ccc(OC)c(OC)c3)C(=O)N2c2cccc(C(N)=O)c2)c([2H])c([2H])c1C#Cc1ccccc1. The third-order valence-electron chi connectivity index (χ3n) is 6.61. The molecule has 0 unspecified atom stereocenters. The molecule has 0 saturated carbocycles. The predicted molar refractivity (Wildman–Crippen MR) is 176 cm³/mol. The van der Waals surface area contributed by atoms with Crippen LogP contribution in [0.4, 0.5) is 5.69 Å². The van der Waals surface area contributed by atoms with E-state index in [4.69, 9.17) is 26.2 Å². The molecule has 0 radical (unpaired) electrons. The zero-order chi connectivity index (χ0) is 38.8. The first-order chi connectivity index (χ1) is 25.0. The van der Waals surface area contributed by atoms with E-state index in [0.717, 1.165) is 16.7 Å². The molecule has 4 aromatic carbocycles. The smallest absolute Gasteiger partial charge is 0.248 e. The van der Waals surface area contributed by atoms with Gasteiger partial charge in [0.15, 0.2) is 11.5 Å². The molecule has 3 N–H and O–H groups in total. The highest BCUT2D eigenvalue weighted by Gasteiger charge is 2.42. The minimum absolute atomic E-state index is 0.0388. The number of amides is 3. The van der Waals surface area contributed by atoms with Crippen molar-refractivity contribution in [3.8, 4) is 23.3 Å². The fourth-order valence-electron chi connectivity index (χ4n) is 4.42. The predicted octanol–water partition coefficient (Wildman–Crippen LogP) is 5.10. The Hall–Kier alpha value is -5.20. The second kappa shape index (κ2) is 14.5. The average molecular weight is 628 g/mol. The van der Waals surface area contributed by atoms with Crippen molar-refractivity contribution in [3.63, 3.8) is 0 Å². The number of hydrogen-bond donors (Lipinski definition) is 2. The quantitative estimate of drug-likeness (QED) is 0.237. The molecule has 228 valence electrons. The largest absolute Gasteiger partial charge is 0.493 e. The Balaban J connectivity index is 1.50. The van der Waals surface area contributed by atoms with Crippen molar-refractivity contribution in [3.05, 3.63) is 125 Å². The van der Waals surface area contributed by atoms with Crippen LogP contribution in [0.2, 0.25) is 0 Å². The summed E-state index contributed by atoms with van der Waals surface area (Å²) in [6, 6.07) is 16.5. The fraction of sp³-hybridized carbons (Fsp3) is 0.194. The number of hydrogen-bond acceptors (Lipinski definition) is 6. The molecule has 0 aromatic heterocycles. The Bertz CT molecular complexity index is 2130. The highest BCUT2D eigenvalue weighted by Crippen LogP contribution is 2.46. The van der Waals surface area contributed by atoms with Crippen LogP contribution in [0.15, 0.2) is 97.0 Å². The van der Waals surface area contributed by atoms with Gasteiger partial charge in [-0.3, -0.25) is 19.3 Å². The van der Waals surface area contributed by atoms with Crippen molar-refractivity contribution in [2.24, 2.45) is 5.73 Å². The summed E-state index contributed by atoms with van der Waals surface area (Å²) in [5.41, 5.74) is 5.74. The number of benzene rings is 4. The minimum Gasteiger partial charge on any atom is -0.493 e. The standard InChI is InChI=1S/C36H33N3O5S/c1-43-30-18-15-26(21-31(30)44-2)19-20-38-33(40)23-32-35(42)39(29-10-6-9-28(22-29)34(37)41)36(45-32)27-16-13-25(14-17-27)12-11-24-7-4-3-5-8-24/h3-10,13-18,21-22,32,36H,19-20,23H2,1-2H3,(H2,37,41)(H,38,40)/t32-,36+/m1/s1/i13D,14D,16D,17D,19D2,20D2. The van der Waals surface area contributed by atoms with E-state index in [1.807, 2.05) is 0 Å². The normalized spacial score (nSPS) is 18.8. The molecule has 1 fully saturated rings. The van der Waals surface area contributed by atoms with Crippen LogP contribution in [0.25, 0.3) is 0 Å². The van der Waals surface area contributed by atoms with Gasteiger partial charge in [0.25, 0.3) is 0 Å². The van der Waals surface area contributed by atoms with Crippen molar-refractivity contribution < 1.29 is 34.8 Å². The highest BCUT2D eigenvalue weighted by molar-refractivity contribution is 8.01. The first-order valence-corrected chi connectivity index (χ1v) is 14.6. The number of thioether (sulfide) groups is 1. The number of carbonyl (C=O) groups excluding carboxylic acids is 3. The number of anilines is 1. The molecule has 4 aromatic rings. The van der Waals surface area contributed by atoms with Crippen LogP contribution in [0.1, 0.15) is 55.4 Å². The van der Waals surface area contributed by atoms with Gasteiger partial charge in [-0.2, -0.15) is 0 Å². The van der Waals surface area contributed by atoms with E-state index in [-0.39, 0.29) is 39.4 Å². The number of aryl methyl sites for hydroxylation is 1. The van der Waals surface area contributed by atoms with Gasteiger partial charge in [0.2, 0.25) is 17.7 Å². The molecular formula is C36H33N3O5S. The van der Waals surface area contributed by atoms with Crippen LogP contribution < -0.4 is 25.4 Å².